The van der Waals surface area contributed by atoms with Crippen molar-refractivity contribution in [1.29, 1.82) is 0 Å². The average molecular weight is 255 g/mol. The molecule has 0 aromatic carbocycles. The molecule has 1 heterocycles. The fourth-order valence-electron chi connectivity index (χ4n) is 3.37. The zero-order valence-corrected chi connectivity index (χ0v) is 12.0. The van der Waals surface area contributed by atoms with E-state index in [-0.39, 0.29) is 0 Å². The van der Waals surface area contributed by atoms with Crippen molar-refractivity contribution in [3.05, 3.63) is 0 Å². The van der Waals surface area contributed by atoms with Crippen LogP contribution < -0.4 is 5.32 Å². The van der Waals surface area contributed by atoms with Crippen LogP contribution in [0.3, 0.4) is 0 Å². The van der Waals surface area contributed by atoms with Crippen LogP contribution in [0.5, 0.6) is 0 Å². The summed E-state index contributed by atoms with van der Waals surface area (Å²) in [6.45, 7) is 6.33. The van der Waals surface area contributed by atoms with E-state index in [1.807, 2.05) is 0 Å². The maximum absolute atomic E-state index is 6.07. The summed E-state index contributed by atoms with van der Waals surface area (Å²) in [6, 6.07) is 0. The van der Waals surface area contributed by atoms with E-state index in [1.165, 1.54) is 32.1 Å². The molecule has 3 heteroatoms. The molecule has 0 aromatic rings. The van der Waals surface area contributed by atoms with Crippen LogP contribution >= 0.6 is 0 Å². The van der Waals surface area contributed by atoms with Crippen molar-refractivity contribution in [2.45, 2.75) is 51.6 Å². The minimum Gasteiger partial charge on any atom is -0.385 e. The van der Waals surface area contributed by atoms with Gasteiger partial charge in [0, 0.05) is 32.3 Å². The van der Waals surface area contributed by atoms with E-state index in [9.17, 15) is 0 Å². The summed E-state index contributed by atoms with van der Waals surface area (Å²) < 4.78 is 11.3. The molecule has 0 spiro atoms. The Kier molecular flexibility index (Phi) is 5.46. The quantitative estimate of drug-likeness (QED) is 0.642. The van der Waals surface area contributed by atoms with Crippen molar-refractivity contribution >= 4 is 0 Å². The molecule has 2 aliphatic rings. The van der Waals surface area contributed by atoms with Gasteiger partial charge in [-0.15, -0.1) is 0 Å². The van der Waals surface area contributed by atoms with Gasteiger partial charge in [-0.25, -0.2) is 0 Å². The molecule has 18 heavy (non-hydrogen) atoms. The van der Waals surface area contributed by atoms with E-state index < -0.39 is 0 Å². The van der Waals surface area contributed by atoms with Gasteiger partial charge >= 0.3 is 0 Å². The van der Waals surface area contributed by atoms with Gasteiger partial charge < -0.3 is 14.8 Å². The van der Waals surface area contributed by atoms with Crippen molar-refractivity contribution in [3.8, 4) is 0 Å². The summed E-state index contributed by atoms with van der Waals surface area (Å²) in [7, 11) is 1.80. The van der Waals surface area contributed by atoms with Gasteiger partial charge in [-0.3, -0.25) is 0 Å². The molecule has 2 atom stereocenters. The van der Waals surface area contributed by atoms with Gasteiger partial charge in [-0.05, 0) is 51.0 Å². The molecule has 106 valence electrons. The van der Waals surface area contributed by atoms with E-state index in [4.69, 9.17) is 9.47 Å². The molecule has 2 fully saturated rings. The summed E-state index contributed by atoms with van der Waals surface area (Å²) in [4.78, 5) is 0. The maximum Gasteiger partial charge on any atom is 0.0672 e. The molecular weight excluding hydrogens is 226 g/mol. The Balaban J connectivity index is 1.91. The summed E-state index contributed by atoms with van der Waals surface area (Å²) >= 11 is 0. The summed E-state index contributed by atoms with van der Waals surface area (Å²) in [5, 5.41) is 3.64. The third-order valence-electron chi connectivity index (χ3n) is 4.48. The van der Waals surface area contributed by atoms with Gasteiger partial charge in [0.05, 0.1) is 6.10 Å². The molecule has 1 N–H and O–H groups in total. The van der Waals surface area contributed by atoms with E-state index >= 15 is 0 Å². The molecule has 0 radical (unpaired) electrons. The second-order valence-corrected chi connectivity index (χ2v) is 6.01. The second kappa shape index (κ2) is 6.88. The van der Waals surface area contributed by atoms with E-state index in [0.29, 0.717) is 11.5 Å². The van der Waals surface area contributed by atoms with Gasteiger partial charge in [0.15, 0.2) is 0 Å². The highest BCUT2D eigenvalue weighted by molar-refractivity contribution is 5.00. The topological polar surface area (TPSA) is 30.5 Å². The van der Waals surface area contributed by atoms with Crippen molar-refractivity contribution in [2.75, 3.05) is 33.4 Å². The molecule has 2 unspecified atom stereocenters. The van der Waals surface area contributed by atoms with Crippen LogP contribution in [0.1, 0.15) is 45.4 Å². The van der Waals surface area contributed by atoms with Crippen LogP contribution in [-0.2, 0) is 9.47 Å². The van der Waals surface area contributed by atoms with Gasteiger partial charge in [0.25, 0.3) is 0 Å². The second-order valence-electron chi connectivity index (χ2n) is 6.01. The molecule has 0 aromatic heterocycles. The summed E-state index contributed by atoms with van der Waals surface area (Å²) in [5.41, 5.74) is 0.384. The third kappa shape index (κ3) is 3.46. The lowest BCUT2D eigenvalue weighted by Gasteiger charge is -2.35. The molecule has 2 rings (SSSR count). The lowest BCUT2D eigenvalue weighted by molar-refractivity contribution is 0.0224. The number of ether oxygens (including phenoxy) is 2. The Hall–Kier alpha value is -0.120. The van der Waals surface area contributed by atoms with Crippen LogP contribution in [-0.4, -0.2) is 39.5 Å². The normalized spacial score (nSPS) is 32.0. The average Bonchev–Trinajstić information content (AvgIpc) is 3.13. The fourth-order valence-corrected chi connectivity index (χ4v) is 3.37. The number of nitrogens with one attached hydrogen (secondary N) is 1. The largest absolute Gasteiger partial charge is 0.385 e. The van der Waals surface area contributed by atoms with E-state index in [2.05, 4.69) is 12.2 Å². The number of hydrogen-bond donors (Lipinski definition) is 1. The SMILES string of the molecule is CCCNCC1(CCCOC)CCOC1C1CC1. The molecule has 1 saturated carbocycles. The lowest BCUT2D eigenvalue weighted by atomic mass is 9.75. The lowest BCUT2D eigenvalue weighted by Crippen LogP contribution is -2.42. The maximum atomic E-state index is 6.07. The summed E-state index contributed by atoms with van der Waals surface area (Å²) in [5.74, 6) is 0.846. The van der Waals surface area contributed by atoms with Crippen LogP contribution in [0.2, 0.25) is 0 Å². The minimum atomic E-state index is 0.384. The first kappa shape index (κ1) is 14.3. The highest BCUT2D eigenvalue weighted by Gasteiger charge is 2.50. The predicted molar refractivity (Wildman–Crippen MR) is 73.8 cm³/mol. The Bertz CT molecular complexity index is 231. The Labute approximate surface area is 112 Å². The molecule has 1 aliphatic carbocycles. The monoisotopic (exact) mass is 255 g/mol. The van der Waals surface area contributed by atoms with Crippen LogP contribution in [0.4, 0.5) is 0 Å². The van der Waals surface area contributed by atoms with Gasteiger partial charge in [0.2, 0.25) is 0 Å². The molecule has 3 nitrogen and oxygen atoms in total. The Morgan fingerprint density at radius 2 is 2.22 bits per heavy atom. The smallest absolute Gasteiger partial charge is 0.0672 e. The first-order valence-corrected chi connectivity index (χ1v) is 7.63. The molecule has 1 aliphatic heterocycles. The van der Waals surface area contributed by atoms with E-state index in [0.717, 1.165) is 38.6 Å². The van der Waals surface area contributed by atoms with Gasteiger partial charge in [-0.1, -0.05) is 6.92 Å². The van der Waals surface area contributed by atoms with Crippen molar-refractivity contribution < 1.29 is 9.47 Å². The van der Waals surface area contributed by atoms with Crippen LogP contribution in [0.15, 0.2) is 0 Å². The first-order chi connectivity index (χ1) is 8.82. The van der Waals surface area contributed by atoms with Crippen LogP contribution in [0.25, 0.3) is 0 Å². The molecule has 1 saturated heterocycles. The fraction of sp³-hybridized carbons (Fsp3) is 1.00. The molecular formula is C15H29NO2. The molecule has 0 bridgehead atoms. The Morgan fingerprint density at radius 1 is 1.39 bits per heavy atom. The van der Waals surface area contributed by atoms with E-state index in [1.54, 1.807) is 7.11 Å². The summed E-state index contributed by atoms with van der Waals surface area (Å²) in [6.07, 6.45) is 8.13. The first-order valence-electron chi connectivity index (χ1n) is 7.63. The number of methoxy groups -OCH3 is 1. The van der Waals surface area contributed by atoms with Crippen molar-refractivity contribution in [1.82, 2.24) is 5.32 Å². The Morgan fingerprint density at radius 3 is 2.89 bits per heavy atom. The third-order valence-corrected chi connectivity index (χ3v) is 4.48. The minimum absolute atomic E-state index is 0.384. The zero-order valence-electron chi connectivity index (χ0n) is 12.0. The molecule has 0 amide bonds. The zero-order chi connectivity index (χ0) is 12.8. The van der Waals surface area contributed by atoms with Gasteiger partial charge in [-0.2, -0.15) is 0 Å². The van der Waals surface area contributed by atoms with Crippen LogP contribution in [0, 0.1) is 11.3 Å². The van der Waals surface area contributed by atoms with Gasteiger partial charge in [0.1, 0.15) is 0 Å². The standard InChI is InChI=1S/C15H29NO2/c1-3-9-16-12-15(7-4-10-17-2)8-11-18-14(15)13-5-6-13/h13-14,16H,3-12H2,1-2H3. The predicted octanol–water partition coefficient (Wildman–Crippen LogP) is 2.60. The highest BCUT2D eigenvalue weighted by Crippen LogP contribution is 2.49. The van der Waals surface area contributed by atoms with Crippen molar-refractivity contribution in [2.24, 2.45) is 11.3 Å². The van der Waals surface area contributed by atoms with Crippen molar-refractivity contribution in [3.63, 3.8) is 0 Å². The number of rotatable bonds is 9. The highest BCUT2D eigenvalue weighted by atomic mass is 16.5. The number of hydrogen-bond acceptors (Lipinski definition) is 3.